The zero-order valence-electron chi connectivity index (χ0n) is 13.5. The van der Waals surface area contributed by atoms with Crippen LogP contribution in [0.1, 0.15) is 25.0 Å². The van der Waals surface area contributed by atoms with Gasteiger partial charge < -0.3 is 10.0 Å². The number of hydrogen-bond donors (Lipinski definition) is 1. The lowest BCUT2D eigenvalue weighted by atomic mass is 10.1. The summed E-state index contributed by atoms with van der Waals surface area (Å²) in [4.78, 5) is 27.1. The van der Waals surface area contributed by atoms with Crippen molar-refractivity contribution < 1.29 is 14.7 Å². The highest BCUT2D eigenvalue weighted by Gasteiger charge is 2.33. The van der Waals surface area contributed by atoms with Gasteiger partial charge >= 0.3 is 5.97 Å². The Labute approximate surface area is 150 Å². The van der Waals surface area contributed by atoms with E-state index < -0.39 is 12.5 Å². The lowest BCUT2D eigenvalue weighted by molar-refractivity contribution is -0.140. The second kappa shape index (κ2) is 6.57. The number of fused-ring (bicyclic) bond motifs is 1. The van der Waals surface area contributed by atoms with Crippen LogP contribution in [0.25, 0.3) is 6.08 Å². The fraction of sp³-hybridized carbons (Fsp3) is 0.353. The second-order valence-electron chi connectivity index (χ2n) is 5.89. The highest BCUT2D eigenvalue weighted by atomic mass is 32.2. The molecule has 2 heterocycles. The molecule has 1 fully saturated rings. The van der Waals surface area contributed by atoms with E-state index in [4.69, 9.17) is 17.3 Å². The molecule has 1 atom stereocenters. The first kappa shape index (κ1) is 17.0. The summed E-state index contributed by atoms with van der Waals surface area (Å²) in [5.74, 6) is -1.41. The zero-order valence-corrected chi connectivity index (χ0v) is 15.1. The van der Waals surface area contributed by atoms with E-state index in [0.717, 1.165) is 35.2 Å². The molecular weight excluding hydrogens is 344 g/mol. The number of carbonyl (C=O) groups is 2. The van der Waals surface area contributed by atoms with E-state index in [2.05, 4.69) is 30.9 Å². The molecule has 1 unspecified atom stereocenters. The molecule has 0 spiro atoms. The Balaban J connectivity index is 1.86. The molecule has 0 aliphatic carbocycles. The molecule has 0 aromatic heterocycles. The van der Waals surface area contributed by atoms with E-state index in [0.29, 0.717) is 15.3 Å². The number of rotatable bonds is 4. The smallest absolute Gasteiger partial charge is 0.323 e. The molecule has 24 heavy (non-hydrogen) atoms. The van der Waals surface area contributed by atoms with Crippen molar-refractivity contribution in [2.45, 2.75) is 26.3 Å². The number of likely N-dealkylation sites (N-methyl/N-ethyl adjacent to an activating group) is 1. The van der Waals surface area contributed by atoms with Crippen LogP contribution >= 0.6 is 24.0 Å². The number of thiocarbonyl (C=S) groups is 1. The standard InChI is InChI=1S/C17H18N2O3S2/c1-3-18-10(2)6-12-7-11(4-5-13(12)18)8-14-16(22)19(9-15(20)21)17(23)24-14/h4-5,7-8,10H,3,6,9H2,1-2H3,(H,20,21)/b14-8+. The van der Waals surface area contributed by atoms with E-state index in [1.165, 1.54) is 11.3 Å². The molecule has 0 radical (unpaired) electrons. The largest absolute Gasteiger partial charge is 0.480 e. The van der Waals surface area contributed by atoms with Crippen molar-refractivity contribution in [3.05, 3.63) is 34.2 Å². The van der Waals surface area contributed by atoms with Crippen molar-refractivity contribution in [3.8, 4) is 0 Å². The number of aliphatic carboxylic acids is 1. The third-order valence-electron chi connectivity index (χ3n) is 4.27. The van der Waals surface area contributed by atoms with Gasteiger partial charge in [-0.2, -0.15) is 0 Å². The van der Waals surface area contributed by atoms with Gasteiger partial charge in [-0.15, -0.1) is 0 Å². The van der Waals surface area contributed by atoms with Gasteiger partial charge in [0.1, 0.15) is 10.9 Å². The van der Waals surface area contributed by atoms with Crippen LogP contribution in [-0.2, 0) is 16.0 Å². The molecule has 3 rings (SSSR count). The van der Waals surface area contributed by atoms with E-state index in [1.54, 1.807) is 6.08 Å². The Morgan fingerprint density at radius 2 is 2.25 bits per heavy atom. The molecule has 2 aliphatic heterocycles. The molecule has 2 aliphatic rings. The van der Waals surface area contributed by atoms with E-state index in [9.17, 15) is 9.59 Å². The van der Waals surface area contributed by atoms with Gasteiger partial charge in [-0.25, -0.2) is 0 Å². The maximum absolute atomic E-state index is 12.3. The van der Waals surface area contributed by atoms with Crippen molar-refractivity contribution in [1.29, 1.82) is 0 Å². The summed E-state index contributed by atoms with van der Waals surface area (Å²) in [7, 11) is 0. The summed E-state index contributed by atoms with van der Waals surface area (Å²) in [6.07, 6.45) is 2.78. The number of nitrogens with zero attached hydrogens (tertiary/aromatic N) is 2. The summed E-state index contributed by atoms with van der Waals surface area (Å²) < 4.78 is 0.292. The van der Waals surface area contributed by atoms with Crippen molar-refractivity contribution in [2.75, 3.05) is 18.0 Å². The summed E-state index contributed by atoms with van der Waals surface area (Å²) in [6.45, 7) is 4.93. The topological polar surface area (TPSA) is 60.9 Å². The summed E-state index contributed by atoms with van der Waals surface area (Å²) in [5, 5.41) is 8.88. The average Bonchev–Trinajstić information content (AvgIpc) is 2.97. The van der Waals surface area contributed by atoms with E-state index >= 15 is 0 Å². The van der Waals surface area contributed by atoms with Gasteiger partial charge in [0.15, 0.2) is 0 Å². The molecule has 1 aromatic carbocycles. The van der Waals surface area contributed by atoms with Crippen LogP contribution in [-0.4, -0.2) is 45.3 Å². The van der Waals surface area contributed by atoms with Gasteiger partial charge in [0.05, 0.1) is 4.91 Å². The number of hydrogen-bond acceptors (Lipinski definition) is 5. The predicted molar refractivity (Wildman–Crippen MR) is 100 cm³/mol. The quantitative estimate of drug-likeness (QED) is 0.656. The first-order chi connectivity index (χ1) is 11.4. The van der Waals surface area contributed by atoms with Crippen molar-refractivity contribution in [2.24, 2.45) is 0 Å². The average molecular weight is 362 g/mol. The fourth-order valence-corrected chi connectivity index (χ4v) is 4.46. The molecule has 1 N–H and O–H groups in total. The van der Waals surface area contributed by atoms with Crippen molar-refractivity contribution >= 4 is 51.9 Å². The molecule has 1 amide bonds. The van der Waals surface area contributed by atoms with Gasteiger partial charge in [0, 0.05) is 18.3 Å². The van der Waals surface area contributed by atoms with Crippen LogP contribution in [0.2, 0.25) is 0 Å². The summed E-state index contributed by atoms with van der Waals surface area (Å²) >= 11 is 6.27. The van der Waals surface area contributed by atoms with Gasteiger partial charge in [-0.3, -0.25) is 14.5 Å². The van der Waals surface area contributed by atoms with Gasteiger partial charge in [-0.1, -0.05) is 30.0 Å². The second-order valence-corrected chi connectivity index (χ2v) is 7.56. The number of carboxylic acids is 1. The number of thioether (sulfide) groups is 1. The molecule has 5 nitrogen and oxygen atoms in total. The summed E-state index contributed by atoms with van der Waals surface area (Å²) in [6, 6.07) is 6.66. The Hall–Kier alpha value is -1.86. The highest BCUT2D eigenvalue weighted by Crippen LogP contribution is 2.35. The van der Waals surface area contributed by atoms with Gasteiger partial charge in [-0.05, 0) is 49.6 Å². The predicted octanol–water partition coefficient (Wildman–Crippen LogP) is 2.74. The third-order valence-corrected chi connectivity index (χ3v) is 5.64. The lowest BCUT2D eigenvalue weighted by Crippen LogP contribution is -2.33. The van der Waals surface area contributed by atoms with Crippen LogP contribution in [0.5, 0.6) is 0 Å². The lowest BCUT2D eigenvalue weighted by Gasteiger charge is -2.22. The van der Waals surface area contributed by atoms with Crippen LogP contribution in [0, 0.1) is 0 Å². The SMILES string of the molecule is CCN1c2ccc(/C=C3/SC(=S)N(CC(=O)O)C3=O)cc2CC1C. The fourth-order valence-electron chi connectivity index (χ4n) is 3.21. The molecule has 126 valence electrons. The number of benzene rings is 1. The number of amides is 1. The number of carboxylic acid groups (broad SMARTS) is 1. The molecule has 1 aromatic rings. The van der Waals surface area contributed by atoms with Gasteiger partial charge in [0.25, 0.3) is 5.91 Å². The monoisotopic (exact) mass is 362 g/mol. The number of anilines is 1. The molecule has 0 bridgehead atoms. The molecule has 0 saturated carbocycles. The Morgan fingerprint density at radius 1 is 1.50 bits per heavy atom. The minimum absolute atomic E-state index is 0.292. The first-order valence-corrected chi connectivity index (χ1v) is 9.00. The minimum Gasteiger partial charge on any atom is -0.480 e. The Bertz CT molecular complexity index is 760. The molecule has 7 heteroatoms. The third kappa shape index (κ3) is 3.06. The molecular formula is C17H18N2O3S2. The van der Waals surface area contributed by atoms with E-state index in [1.807, 2.05) is 6.07 Å². The normalized spacial score (nSPS) is 21.8. The van der Waals surface area contributed by atoms with Crippen LogP contribution in [0.3, 0.4) is 0 Å². The van der Waals surface area contributed by atoms with Crippen LogP contribution < -0.4 is 4.90 Å². The minimum atomic E-state index is -1.07. The summed E-state index contributed by atoms with van der Waals surface area (Å²) in [5.41, 5.74) is 3.47. The highest BCUT2D eigenvalue weighted by molar-refractivity contribution is 8.26. The maximum atomic E-state index is 12.3. The molecule has 1 saturated heterocycles. The first-order valence-electron chi connectivity index (χ1n) is 7.77. The van der Waals surface area contributed by atoms with Crippen molar-refractivity contribution in [3.63, 3.8) is 0 Å². The maximum Gasteiger partial charge on any atom is 0.323 e. The number of carbonyl (C=O) groups excluding carboxylic acids is 1. The van der Waals surface area contributed by atoms with Crippen LogP contribution in [0.15, 0.2) is 23.1 Å². The Kier molecular flexibility index (Phi) is 4.64. The van der Waals surface area contributed by atoms with Crippen molar-refractivity contribution in [1.82, 2.24) is 4.90 Å². The van der Waals surface area contributed by atoms with Crippen LogP contribution in [0.4, 0.5) is 5.69 Å². The Morgan fingerprint density at radius 3 is 2.92 bits per heavy atom. The zero-order chi connectivity index (χ0) is 17.4. The van der Waals surface area contributed by atoms with Gasteiger partial charge in [0.2, 0.25) is 0 Å². The van der Waals surface area contributed by atoms with E-state index in [-0.39, 0.29) is 5.91 Å².